The van der Waals surface area contributed by atoms with E-state index >= 15 is 0 Å². The molecule has 0 fully saturated rings. The predicted molar refractivity (Wildman–Crippen MR) is 306 cm³/mol. The monoisotopic (exact) mass is 982 g/mol. The highest BCUT2D eigenvalue weighted by Gasteiger charge is 2.18. The highest BCUT2D eigenvalue weighted by atomic mass is 16.5. The normalized spacial score (nSPS) is 12.9. The van der Waals surface area contributed by atoms with Crippen LogP contribution in [-0.4, -0.2) is 47.4 Å². The van der Waals surface area contributed by atoms with Crippen LogP contribution in [0, 0.1) is 0 Å². The van der Waals surface area contributed by atoms with Crippen molar-refractivity contribution in [2.75, 3.05) is 13.2 Å². The number of amides is 1. The van der Waals surface area contributed by atoms with Gasteiger partial charge in [-0.1, -0.05) is 274 Å². The van der Waals surface area contributed by atoms with Crippen LogP contribution < -0.4 is 5.32 Å². The van der Waals surface area contributed by atoms with E-state index in [1.165, 1.54) is 244 Å². The van der Waals surface area contributed by atoms with Gasteiger partial charge < -0.3 is 20.3 Å². The predicted octanol–water partition coefficient (Wildman–Crippen LogP) is 19.4. The van der Waals surface area contributed by atoms with E-state index in [9.17, 15) is 19.8 Å². The molecule has 0 saturated heterocycles. The maximum Gasteiger partial charge on any atom is 0.305 e. The molecule has 0 rings (SSSR count). The molecule has 410 valence electrons. The van der Waals surface area contributed by atoms with Crippen molar-refractivity contribution in [3.8, 4) is 0 Å². The number of carbonyl (C=O) groups is 2. The summed E-state index contributed by atoms with van der Waals surface area (Å²) >= 11 is 0. The Morgan fingerprint density at radius 3 is 1.14 bits per heavy atom. The Bertz CT molecular complexity index is 1180. The van der Waals surface area contributed by atoms with Crippen LogP contribution in [0.4, 0.5) is 0 Å². The van der Waals surface area contributed by atoms with Crippen molar-refractivity contribution in [1.29, 1.82) is 0 Å². The standard InChI is InChI=1S/C64H119NO5/c1-3-5-7-9-11-13-15-16-35-38-42-46-50-54-58-64(69)70-59-55-51-47-43-39-36-33-31-29-27-25-23-21-19-17-18-20-22-24-26-28-30-32-34-37-41-45-49-53-57-63(68)65-61(60-66)62(67)56-52-48-44-40-14-12-10-8-6-4-2/h9,11,15-17,19,52,56,61-62,66-67H,3-8,10,12-14,18,20-51,53-55,57-60H2,1-2H3,(H,65,68)/b11-9-,16-15-,19-17-,56-52+. The van der Waals surface area contributed by atoms with Gasteiger partial charge in [0.1, 0.15) is 0 Å². The molecule has 0 aliphatic carbocycles. The molecule has 0 aliphatic heterocycles. The molecule has 0 aromatic carbocycles. The Hall–Kier alpha value is -2.18. The van der Waals surface area contributed by atoms with Crippen molar-refractivity contribution in [1.82, 2.24) is 5.32 Å². The first-order chi connectivity index (χ1) is 34.5. The van der Waals surface area contributed by atoms with Gasteiger partial charge in [-0.05, 0) is 83.5 Å². The van der Waals surface area contributed by atoms with E-state index in [0.717, 1.165) is 51.4 Å². The number of aliphatic hydroxyl groups excluding tert-OH is 2. The van der Waals surface area contributed by atoms with Gasteiger partial charge in [0.05, 0.1) is 25.4 Å². The summed E-state index contributed by atoms with van der Waals surface area (Å²) in [5.41, 5.74) is 0. The van der Waals surface area contributed by atoms with Gasteiger partial charge in [0.15, 0.2) is 0 Å². The summed E-state index contributed by atoms with van der Waals surface area (Å²) < 4.78 is 5.47. The van der Waals surface area contributed by atoms with Crippen molar-refractivity contribution in [3.05, 3.63) is 48.6 Å². The maximum absolute atomic E-state index is 12.4. The zero-order chi connectivity index (χ0) is 50.7. The second-order valence-corrected chi connectivity index (χ2v) is 21.0. The van der Waals surface area contributed by atoms with Crippen LogP contribution in [-0.2, 0) is 14.3 Å². The Kier molecular flexibility index (Phi) is 57.5. The number of hydrogen-bond donors (Lipinski definition) is 3. The molecule has 0 aromatic heterocycles. The SMILES string of the molecule is CCCC/C=C\C/C=C\CCCCCCCC(=O)OCCCCCCCCCCCCCC/C=C\CCCCCCCCCCCCCCCC(=O)NC(CO)C(O)/C=C/CCCCCCCCCC. The van der Waals surface area contributed by atoms with Gasteiger partial charge >= 0.3 is 5.97 Å². The minimum atomic E-state index is -0.842. The number of aliphatic hydroxyl groups is 2. The summed E-state index contributed by atoms with van der Waals surface area (Å²) in [4.78, 5) is 24.4. The first-order valence-corrected chi connectivity index (χ1v) is 30.9. The second kappa shape index (κ2) is 59.4. The van der Waals surface area contributed by atoms with E-state index in [1.54, 1.807) is 6.08 Å². The Morgan fingerprint density at radius 1 is 0.400 bits per heavy atom. The van der Waals surface area contributed by atoms with Gasteiger partial charge in [0.25, 0.3) is 0 Å². The lowest BCUT2D eigenvalue weighted by molar-refractivity contribution is -0.143. The smallest absolute Gasteiger partial charge is 0.305 e. The maximum atomic E-state index is 12.4. The Morgan fingerprint density at radius 2 is 0.729 bits per heavy atom. The molecule has 0 aliphatic rings. The van der Waals surface area contributed by atoms with E-state index < -0.39 is 12.1 Å². The fraction of sp³-hybridized carbons (Fsp3) is 0.844. The minimum absolute atomic E-state index is 0.000989. The van der Waals surface area contributed by atoms with Crippen LogP contribution in [0.2, 0.25) is 0 Å². The third-order valence-corrected chi connectivity index (χ3v) is 14.1. The molecule has 2 unspecified atom stereocenters. The molecule has 2 atom stereocenters. The third-order valence-electron chi connectivity index (χ3n) is 14.1. The van der Waals surface area contributed by atoms with E-state index in [2.05, 4.69) is 55.6 Å². The molecule has 0 saturated carbocycles. The van der Waals surface area contributed by atoms with Crippen molar-refractivity contribution < 1.29 is 24.5 Å². The second-order valence-electron chi connectivity index (χ2n) is 21.0. The highest BCUT2D eigenvalue weighted by molar-refractivity contribution is 5.76. The molecule has 6 heteroatoms. The molecule has 0 spiro atoms. The average Bonchev–Trinajstić information content (AvgIpc) is 3.36. The number of hydrogen-bond acceptors (Lipinski definition) is 5. The number of rotatable bonds is 57. The van der Waals surface area contributed by atoms with E-state index in [-0.39, 0.29) is 18.5 Å². The number of allylic oxidation sites excluding steroid dienone is 7. The quantitative estimate of drug-likeness (QED) is 0.0321. The van der Waals surface area contributed by atoms with Crippen molar-refractivity contribution in [3.63, 3.8) is 0 Å². The average molecular weight is 983 g/mol. The molecule has 0 bridgehead atoms. The van der Waals surface area contributed by atoms with Crippen LogP contribution in [0.15, 0.2) is 48.6 Å². The largest absolute Gasteiger partial charge is 0.466 e. The molecular weight excluding hydrogens is 863 g/mol. The van der Waals surface area contributed by atoms with Gasteiger partial charge in [-0.2, -0.15) is 0 Å². The Balaban J connectivity index is 3.37. The summed E-state index contributed by atoms with van der Waals surface area (Å²) in [6.45, 7) is 4.84. The molecule has 3 N–H and O–H groups in total. The molecule has 0 heterocycles. The molecule has 0 aromatic rings. The first-order valence-electron chi connectivity index (χ1n) is 30.9. The summed E-state index contributed by atoms with van der Waals surface area (Å²) in [7, 11) is 0. The van der Waals surface area contributed by atoms with Gasteiger partial charge in [-0.15, -0.1) is 0 Å². The summed E-state index contributed by atoms with van der Waals surface area (Å²) in [6, 6.07) is -0.626. The van der Waals surface area contributed by atoms with Crippen LogP contribution in [0.5, 0.6) is 0 Å². The van der Waals surface area contributed by atoms with Crippen molar-refractivity contribution >= 4 is 11.9 Å². The summed E-state index contributed by atoms with van der Waals surface area (Å²) in [5.74, 6) is -0.0681. The van der Waals surface area contributed by atoms with E-state index in [1.807, 2.05) is 6.08 Å². The van der Waals surface area contributed by atoms with Gasteiger partial charge in [0.2, 0.25) is 5.91 Å². The van der Waals surface area contributed by atoms with Crippen LogP contribution in [0.25, 0.3) is 0 Å². The van der Waals surface area contributed by atoms with E-state index in [4.69, 9.17) is 4.74 Å². The van der Waals surface area contributed by atoms with Crippen LogP contribution >= 0.6 is 0 Å². The lowest BCUT2D eigenvalue weighted by Gasteiger charge is -2.20. The third kappa shape index (κ3) is 55.1. The molecule has 70 heavy (non-hydrogen) atoms. The zero-order valence-corrected chi connectivity index (χ0v) is 46.7. The lowest BCUT2D eigenvalue weighted by Crippen LogP contribution is -2.45. The highest BCUT2D eigenvalue weighted by Crippen LogP contribution is 2.17. The topological polar surface area (TPSA) is 95.9 Å². The first kappa shape index (κ1) is 67.8. The molecule has 0 radical (unpaired) electrons. The summed E-state index contributed by atoms with van der Waals surface area (Å²) in [6.07, 6.45) is 76.0. The van der Waals surface area contributed by atoms with E-state index in [0.29, 0.717) is 19.4 Å². The number of nitrogens with one attached hydrogen (secondary N) is 1. The minimum Gasteiger partial charge on any atom is -0.466 e. The van der Waals surface area contributed by atoms with Gasteiger partial charge in [0, 0.05) is 12.8 Å². The lowest BCUT2D eigenvalue weighted by atomic mass is 10.0. The molecule has 6 nitrogen and oxygen atoms in total. The van der Waals surface area contributed by atoms with Crippen LogP contribution in [0.3, 0.4) is 0 Å². The number of ether oxygens (including phenoxy) is 1. The van der Waals surface area contributed by atoms with Crippen molar-refractivity contribution in [2.45, 2.75) is 334 Å². The molecule has 1 amide bonds. The van der Waals surface area contributed by atoms with Gasteiger partial charge in [-0.3, -0.25) is 9.59 Å². The number of unbranched alkanes of at least 4 members (excludes halogenated alkanes) is 40. The summed E-state index contributed by atoms with van der Waals surface area (Å²) in [5, 5.41) is 23.0. The van der Waals surface area contributed by atoms with Gasteiger partial charge in [-0.25, -0.2) is 0 Å². The zero-order valence-electron chi connectivity index (χ0n) is 46.7. The Labute approximate surface area is 436 Å². The van der Waals surface area contributed by atoms with Crippen molar-refractivity contribution in [2.24, 2.45) is 0 Å². The fourth-order valence-corrected chi connectivity index (χ4v) is 9.29. The van der Waals surface area contributed by atoms with Crippen LogP contribution in [0.1, 0.15) is 322 Å². The molecular formula is C64H119NO5. The number of esters is 1. The number of carbonyl (C=O) groups excluding carboxylic acids is 2. The fourth-order valence-electron chi connectivity index (χ4n) is 9.29.